The number of β-amino-alcohol motifs (C(OH)–C–C–N with tert-alkyl or cyclic N) is 1. The molecule has 1 aromatic heterocycles. The molecule has 0 radical (unpaired) electrons. The Labute approximate surface area is 117 Å². The maximum Gasteiger partial charge on any atom is 0.328 e. The second kappa shape index (κ2) is 5.62. The lowest BCUT2D eigenvalue weighted by atomic mass is 10.2. The summed E-state index contributed by atoms with van der Waals surface area (Å²) in [6, 6.07) is 0.976. The lowest BCUT2D eigenvalue weighted by Crippen LogP contribution is -2.41. The molecule has 0 aliphatic carbocycles. The van der Waals surface area contributed by atoms with Crippen LogP contribution in [-0.2, 0) is 23.0 Å². The minimum absolute atomic E-state index is 0.130. The molecule has 1 aromatic rings. The topological polar surface area (TPSA) is 84.7 Å². The first kappa shape index (κ1) is 14.5. The molecule has 1 aliphatic heterocycles. The molecule has 0 saturated carbocycles. The number of aryl methyl sites for hydroxylation is 2. The van der Waals surface area contributed by atoms with E-state index in [1.807, 2.05) is 6.92 Å². The van der Waals surface area contributed by atoms with Gasteiger partial charge >= 0.3 is 5.97 Å². The van der Waals surface area contributed by atoms with E-state index in [4.69, 9.17) is 0 Å². The first-order valence-electron chi connectivity index (χ1n) is 6.57. The van der Waals surface area contributed by atoms with Crippen LogP contribution >= 0.6 is 0 Å². The molecule has 2 atom stereocenters. The molecule has 1 amide bonds. The molecule has 1 saturated heterocycles. The van der Waals surface area contributed by atoms with Gasteiger partial charge in [0.25, 0.3) is 5.91 Å². The zero-order chi connectivity index (χ0) is 14.9. The SMILES string of the molecule is CCc1cc(C(=O)N2CC(O)CC2C(=O)OC)n(C)n1. The fourth-order valence-electron chi connectivity index (χ4n) is 2.44. The minimum Gasteiger partial charge on any atom is -0.467 e. The summed E-state index contributed by atoms with van der Waals surface area (Å²) in [6.45, 7) is 2.08. The summed E-state index contributed by atoms with van der Waals surface area (Å²) in [7, 11) is 2.96. The number of methoxy groups -OCH3 is 1. The van der Waals surface area contributed by atoms with Crippen molar-refractivity contribution < 1.29 is 19.4 Å². The predicted octanol–water partition coefficient (Wildman–Crippen LogP) is -0.269. The van der Waals surface area contributed by atoms with Crippen LogP contribution in [0.3, 0.4) is 0 Å². The van der Waals surface area contributed by atoms with E-state index in [-0.39, 0.29) is 18.9 Å². The fraction of sp³-hybridized carbons (Fsp3) is 0.615. The Balaban J connectivity index is 2.26. The van der Waals surface area contributed by atoms with Gasteiger partial charge in [0.2, 0.25) is 0 Å². The second-order valence-electron chi connectivity index (χ2n) is 4.88. The third-order valence-electron chi connectivity index (χ3n) is 3.52. The standard InChI is InChI=1S/C13H19N3O4/c1-4-8-5-10(15(2)14-8)12(18)16-7-9(17)6-11(16)13(19)20-3/h5,9,11,17H,4,6-7H2,1-3H3. The van der Waals surface area contributed by atoms with Gasteiger partial charge in [-0.3, -0.25) is 9.48 Å². The number of carbonyl (C=O) groups is 2. The molecule has 7 nitrogen and oxygen atoms in total. The zero-order valence-electron chi connectivity index (χ0n) is 11.9. The van der Waals surface area contributed by atoms with Crippen molar-refractivity contribution in [2.75, 3.05) is 13.7 Å². The third-order valence-corrected chi connectivity index (χ3v) is 3.52. The van der Waals surface area contributed by atoms with Crippen LogP contribution in [0.2, 0.25) is 0 Å². The third kappa shape index (κ3) is 2.53. The fourth-order valence-corrected chi connectivity index (χ4v) is 2.44. The highest BCUT2D eigenvalue weighted by Crippen LogP contribution is 2.22. The number of rotatable bonds is 3. The van der Waals surface area contributed by atoms with Crippen molar-refractivity contribution in [2.24, 2.45) is 7.05 Å². The Hall–Kier alpha value is -1.89. The van der Waals surface area contributed by atoms with Gasteiger partial charge in [0.1, 0.15) is 11.7 Å². The molecule has 2 rings (SSSR count). The van der Waals surface area contributed by atoms with Gasteiger partial charge in [0.15, 0.2) is 0 Å². The molecule has 2 heterocycles. The first-order valence-corrected chi connectivity index (χ1v) is 6.57. The number of hydrogen-bond donors (Lipinski definition) is 1. The van der Waals surface area contributed by atoms with E-state index in [1.165, 1.54) is 16.7 Å². The zero-order valence-corrected chi connectivity index (χ0v) is 11.9. The van der Waals surface area contributed by atoms with Crippen LogP contribution in [0.1, 0.15) is 29.5 Å². The molecular weight excluding hydrogens is 262 g/mol. The van der Waals surface area contributed by atoms with Crippen molar-refractivity contribution in [3.8, 4) is 0 Å². The van der Waals surface area contributed by atoms with Crippen molar-refractivity contribution in [1.29, 1.82) is 0 Å². The van der Waals surface area contributed by atoms with Gasteiger partial charge in [0.05, 0.1) is 18.9 Å². The summed E-state index contributed by atoms with van der Waals surface area (Å²) in [5.41, 5.74) is 1.22. The minimum atomic E-state index is -0.734. The van der Waals surface area contributed by atoms with Crippen molar-refractivity contribution >= 4 is 11.9 Å². The Bertz CT molecular complexity index is 526. The molecular formula is C13H19N3O4. The van der Waals surface area contributed by atoms with Crippen molar-refractivity contribution in [2.45, 2.75) is 31.9 Å². The number of aliphatic hydroxyl groups excluding tert-OH is 1. The molecule has 1 aliphatic rings. The molecule has 7 heteroatoms. The van der Waals surface area contributed by atoms with Gasteiger partial charge in [-0.1, -0.05) is 6.92 Å². The van der Waals surface area contributed by atoms with Crippen molar-refractivity contribution in [1.82, 2.24) is 14.7 Å². The van der Waals surface area contributed by atoms with Crippen LogP contribution < -0.4 is 0 Å². The number of amides is 1. The smallest absolute Gasteiger partial charge is 0.328 e. The number of esters is 1. The Morgan fingerprint density at radius 3 is 2.80 bits per heavy atom. The van der Waals surface area contributed by atoms with Crippen LogP contribution in [0.15, 0.2) is 6.07 Å². The van der Waals surface area contributed by atoms with Crippen LogP contribution in [0.25, 0.3) is 0 Å². The summed E-state index contributed by atoms with van der Waals surface area (Å²) in [5, 5.41) is 13.9. The molecule has 0 spiro atoms. The van der Waals surface area contributed by atoms with Gasteiger partial charge < -0.3 is 14.7 Å². The lowest BCUT2D eigenvalue weighted by molar-refractivity contribution is -0.145. The Morgan fingerprint density at radius 2 is 2.25 bits per heavy atom. The first-order chi connectivity index (χ1) is 9.47. The van der Waals surface area contributed by atoms with Gasteiger partial charge in [0, 0.05) is 20.0 Å². The normalized spacial score (nSPS) is 22.1. The number of aliphatic hydroxyl groups is 1. The maximum absolute atomic E-state index is 12.5. The highest BCUT2D eigenvalue weighted by Gasteiger charge is 2.40. The molecule has 110 valence electrons. The number of ether oxygens (including phenoxy) is 1. The van der Waals surface area contributed by atoms with E-state index < -0.39 is 18.1 Å². The lowest BCUT2D eigenvalue weighted by Gasteiger charge is -2.22. The average Bonchev–Trinajstić information content (AvgIpc) is 3.00. The van der Waals surface area contributed by atoms with Gasteiger partial charge in [-0.05, 0) is 12.5 Å². The number of nitrogens with zero attached hydrogens (tertiary/aromatic N) is 3. The predicted molar refractivity (Wildman–Crippen MR) is 70.1 cm³/mol. The van der Waals surface area contributed by atoms with Crippen LogP contribution in [0.4, 0.5) is 0 Å². The Kier molecular flexibility index (Phi) is 4.08. The second-order valence-corrected chi connectivity index (χ2v) is 4.88. The average molecular weight is 281 g/mol. The van der Waals surface area contributed by atoms with E-state index in [9.17, 15) is 14.7 Å². The summed E-state index contributed by atoms with van der Waals surface area (Å²) < 4.78 is 6.19. The summed E-state index contributed by atoms with van der Waals surface area (Å²) in [4.78, 5) is 25.6. The number of carbonyl (C=O) groups excluding carboxylic acids is 2. The quantitative estimate of drug-likeness (QED) is 0.771. The largest absolute Gasteiger partial charge is 0.467 e. The van der Waals surface area contributed by atoms with E-state index in [0.29, 0.717) is 5.69 Å². The molecule has 0 bridgehead atoms. The Morgan fingerprint density at radius 1 is 1.55 bits per heavy atom. The maximum atomic E-state index is 12.5. The van der Waals surface area contributed by atoms with Gasteiger partial charge in [-0.25, -0.2) is 4.79 Å². The van der Waals surface area contributed by atoms with Crippen molar-refractivity contribution in [3.63, 3.8) is 0 Å². The molecule has 2 unspecified atom stereocenters. The molecule has 0 aromatic carbocycles. The van der Waals surface area contributed by atoms with E-state index in [1.54, 1.807) is 13.1 Å². The summed E-state index contributed by atoms with van der Waals surface area (Å²) in [5.74, 6) is -0.820. The van der Waals surface area contributed by atoms with E-state index in [2.05, 4.69) is 9.84 Å². The highest BCUT2D eigenvalue weighted by atomic mass is 16.5. The van der Waals surface area contributed by atoms with E-state index >= 15 is 0 Å². The summed E-state index contributed by atoms with van der Waals surface area (Å²) in [6.07, 6.45) is 0.225. The van der Waals surface area contributed by atoms with Crippen LogP contribution in [-0.4, -0.2) is 57.5 Å². The van der Waals surface area contributed by atoms with Crippen LogP contribution in [0.5, 0.6) is 0 Å². The van der Waals surface area contributed by atoms with Gasteiger partial charge in [-0.2, -0.15) is 5.10 Å². The number of aromatic nitrogens is 2. The molecule has 20 heavy (non-hydrogen) atoms. The highest BCUT2D eigenvalue weighted by molar-refractivity contribution is 5.96. The van der Waals surface area contributed by atoms with E-state index in [0.717, 1.165) is 12.1 Å². The number of hydrogen-bond acceptors (Lipinski definition) is 5. The number of likely N-dealkylation sites (tertiary alicyclic amines) is 1. The summed E-state index contributed by atoms with van der Waals surface area (Å²) >= 11 is 0. The monoisotopic (exact) mass is 281 g/mol. The van der Waals surface area contributed by atoms with Crippen molar-refractivity contribution in [3.05, 3.63) is 17.5 Å². The molecule has 1 N–H and O–H groups in total. The van der Waals surface area contributed by atoms with Gasteiger partial charge in [-0.15, -0.1) is 0 Å². The molecule has 1 fully saturated rings. The van der Waals surface area contributed by atoms with Crippen LogP contribution in [0, 0.1) is 0 Å².